The van der Waals surface area contributed by atoms with Crippen LogP contribution in [0.15, 0.2) is 90.2 Å². The number of hydrogen-bond donors (Lipinski definition) is 2. The zero-order valence-electron chi connectivity index (χ0n) is 21.6. The van der Waals surface area contributed by atoms with E-state index < -0.39 is 5.91 Å². The maximum absolute atomic E-state index is 14.1. The Morgan fingerprint density at radius 1 is 1.07 bits per heavy atom. The first-order valence-corrected chi connectivity index (χ1v) is 12.3. The van der Waals surface area contributed by atoms with E-state index >= 15 is 0 Å². The van der Waals surface area contributed by atoms with E-state index in [1.807, 2.05) is 67.8 Å². The molecular weight excluding hydrogens is 506 g/mol. The molecule has 2 aromatic carbocycles. The van der Waals surface area contributed by atoms with Gasteiger partial charge in [0.1, 0.15) is 11.4 Å². The number of benzene rings is 2. The monoisotopic (exact) mass is 529 g/mol. The number of aryl methyl sites for hydroxylation is 1. The van der Waals surface area contributed by atoms with E-state index in [1.165, 1.54) is 14.1 Å². The largest absolute Gasteiger partial charge is 0.381 e. The molecule has 0 aliphatic carbocycles. The van der Waals surface area contributed by atoms with Crippen molar-refractivity contribution in [3.63, 3.8) is 0 Å². The summed E-state index contributed by atoms with van der Waals surface area (Å²) in [6, 6.07) is 18.2. The average Bonchev–Trinajstić information content (AvgIpc) is 3.53. The number of hydrogen-bond acceptors (Lipinski definition) is 7. The fraction of sp³-hybridized carbons (Fsp3) is 0.0690. The molecule has 0 saturated carbocycles. The number of nitrogen functional groups attached to an aromatic ring is 1. The number of hydrazine groups is 1. The van der Waals surface area contributed by atoms with Crippen LogP contribution in [0.3, 0.4) is 0 Å². The molecule has 0 atom stereocenters. The van der Waals surface area contributed by atoms with E-state index in [-0.39, 0.29) is 16.9 Å². The minimum absolute atomic E-state index is 0.0420. The molecule has 0 spiro atoms. The Kier molecular flexibility index (Phi) is 5.97. The van der Waals surface area contributed by atoms with Crippen LogP contribution in [0.5, 0.6) is 0 Å². The van der Waals surface area contributed by atoms with E-state index in [2.05, 4.69) is 32.4 Å². The Balaban J connectivity index is 1.48. The Hall–Kier alpha value is -5.89. The number of carbonyl (C=O) groups is 1. The molecule has 11 nitrogen and oxygen atoms in total. The van der Waals surface area contributed by atoms with Crippen LogP contribution in [-0.4, -0.2) is 41.9 Å². The van der Waals surface area contributed by atoms with Crippen LogP contribution in [0.25, 0.3) is 22.1 Å². The van der Waals surface area contributed by atoms with E-state index in [4.69, 9.17) is 5.73 Å². The topological polar surface area (TPSA) is 128 Å². The highest BCUT2D eigenvalue weighted by atomic mass is 16.2. The number of para-hydroxylation sites is 1. The van der Waals surface area contributed by atoms with Crippen molar-refractivity contribution in [3.05, 3.63) is 112 Å². The van der Waals surface area contributed by atoms with Crippen molar-refractivity contribution in [2.24, 2.45) is 7.05 Å². The van der Waals surface area contributed by atoms with Gasteiger partial charge in [0.2, 0.25) is 0 Å². The molecule has 196 valence electrons. The third-order valence-corrected chi connectivity index (χ3v) is 6.35. The zero-order chi connectivity index (χ0) is 27.8. The van der Waals surface area contributed by atoms with Gasteiger partial charge in [-0.3, -0.25) is 29.3 Å². The van der Waals surface area contributed by atoms with E-state index in [1.54, 1.807) is 36.4 Å². The minimum atomic E-state index is -0.517. The first-order chi connectivity index (χ1) is 19.4. The van der Waals surface area contributed by atoms with Gasteiger partial charge in [-0.25, -0.2) is 9.50 Å². The Morgan fingerprint density at radius 3 is 2.67 bits per heavy atom. The number of carbonyl (C=O) groups excluding carboxylic acids is 1. The smallest absolute Gasteiger partial charge is 0.277 e. The van der Waals surface area contributed by atoms with Gasteiger partial charge in [0.25, 0.3) is 11.5 Å². The van der Waals surface area contributed by atoms with Crippen LogP contribution in [0.1, 0.15) is 21.5 Å². The van der Waals surface area contributed by atoms with Gasteiger partial charge in [0.05, 0.1) is 22.8 Å². The molecule has 40 heavy (non-hydrogen) atoms. The summed E-state index contributed by atoms with van der Waals surface area (Å²) in [6.07, 6.45) is 6.69. The van der Waals surface area contributed by atoms with Crippen molar-refractivity contribution in [3.8, 4) is 17.5 Å². The fourth-order valence-electron chi connectivity index (χ4n) is 4.54. The second-order valence-corrected chi connectivity index (χ2v) is 9.05. The molecule has 0 aliphatic rings. The molecule has 0 unspecified atom stereocenters. The Morgan fingerprint density at radius 2 is 1.90 bits per heavy atom. The third-order valence-electron chi connectivity index (χ3n) is 6.35. The molecule has 0 aliphatic heterocycles. The fourth-order valence-corrected chi connectivity index (χ4v) is 4.54. The molecule has 4 heterocycles. The van der Waals surface area contributed by atoms with Gasteiger partial charge in [-0.15, -0.1) is 5.10 Å². The standard InChI is InChI=1S/C29H23N9O2/c1-35-18-19(17-32-35)12-13-20-8-6-9-21-16-23(38(29(40)24(20)21)22-10-4-3-5-11-22)36(2)34-28(39)25-26(30)33-37-15-7-14-31-27(25)37/h3-11,14-18H,1-2H3,(H2,30,33)(H,34,39). The molecule has 0 bridgehead atoms. The summed E-state index contributed by atoms with van der Waals surface area (Å²) in [5.41, 5.74) is 11.0. The first kappa shape index (κ1) is 24.4. The van der Waals surface area contributed by atoms with Crippen LogP contribution >= 0.6 is 0 Å². The van der Waals surface area contributed by atoms with Gasteiger partial charge in [0, 0.05) is 38.2 Å². The number of pyridine rings is 1. The predicted molar refractivity (Wildman–Crippen MR) is 152 cm³/mol. The zero-order valence-corrected chi connectivity index (χ0v) is 21.6. The summed E-state index contributed by atoms with van der Waals surface area (Å²) in [4.78, 5) is 31.7. The normalized spacial score (nSPS) is 10.8. The lowest BCUT2D eigenvalue weighted by Gasteiger charge is -2.25. The number of nitrogens with one attached hydrogen (secondary N) is 1. The Bertz CT molecular complexity index is 2030. The number of amides is 1. The number of fused-ring (bicyclic) bond motifs is 2. The lowest BCUT2D eigenvalue weighted by atomic mass is 10.1. The number of anilines is 2. The summed E-state index contributed by atoms with van der Waals surface area (Å²) < 4.78 is 4.65. The van der Waals surface area contributed by atoms with Gasteiger partial charge in [-0.1, -0.05) is 42.2 Å². The molecule has 6 aromatic rings. The van der Waals surface area contributed by atoms with E-state index in [9.17, 15) is 9.59 Å². The average molecular weight is 530 g/mol. The highest BCUT2D eigenvalue weighted by Gasteiger charge is 2.22. The second-order valence-electron chi connectivity index (χ2n) is 9.05. The van der Waals surface area contributed by atoms with Crippen molar-refractivity contribution in [2.45, 2.75) is 0 Å². The molecule has 1 amide bonds. The molecule has 0 fully saturated rings. The maximum Gasteiger partial charge on any atom is 0.277 e. The van der Waals surface area contributed by atoms with Crippen molar-refractivity contribution in [1.29, 1.82) is 0 Å². The minimum Gasteiger partial charge on any atom is -0.381 e. The van der Waals surface area contributed by atoms with Crippen molar-refractivity contribution >= 4 is 34.0 Å². The number of aromatic nitrogens is 6. The summed E-state index contributed by atoms with van der Waals surface area (Å²) in [6.45, 7) is 0. The highest BCUT2D eigenvalue weighted by molar-refractivity contribution is 6.04. The van der Waals surface area contributed by atoms with Gasteiger partial charge in [0.15, 0.2) is 11.5 Å². The van der Waals surface area contributed by atoms with Crippen molar-refractivity contribution in [1.82, 2.24) is 34.4 Å². The second kappa shape index (κ2) is 9.77. The summed E-state index contributed by atoms with van der Waals surface area (Å²) in [7, 11) is 3.47. The van der Waals surface area contributed by atoms with Crippen LogP contribution in [0.2, 0.25) is 0 Å². The SMILES string of the molecule is CN(NC(=O)c1c(N)nn2cccnc12)c1cc2cccc(C#Cc3cnn(C)c3)c2c(=O)n1-c1ccccc1. The number of nitrogens with two attached hydrogens (primary N) is 1. The van der Waals surface area contributed by atoms with E-state index in [0.29, 0.717) is 33.5 Å². The first-order valence-electron chi connectivity index (χ1n) is 12.3. The van der Waals surface area contributed by atoms with Crippen LogP contribution in [-0.2, 0) is 7.05 Å². The van der Waals surface area contributed by atoms with Crippen LogP contribution < -0.4 is 21.7 Å². The molecule has 3 N–H and O–H groups in total. The van der Waals surface area contributed by atoms with E-state index in [0.717, 1.165) is 5.56 Å². The molecule has 11 heteroatoms. The molecular formula is C29H23N9O2. The highest BCUT2D eigenvalue weighted by Crippen LogP contribution is 2.24. The van der Waals surface area contributed by atoms with Gasteiger partial charge in [-0.2, -0.15) is 5.10 Å². The lowest BCUT2D eigenvalue weighted by molar-refractivity contribution is 0.0953. The number of nitrogens with zero attached hydrogens (tertiary/aromatic N) is 7. The van der Waals surface area contributed by atoms with Gasteiger partial charge in [-0.05, 0) is 35.7 Å². The lowest BCUT2D eigenvalue weighted by Crippen LogP contribution is -2.42. The maximum atomic E-state index is 14.1. The molecule has 4 aromatic heterocycles. The van der Waals surface area contributed by atoms with Gasteiger partial charge < -0.3 is 5.73 Å². The summed E-state index contributed by atoms with van der Waals surface area (Å²) >= 11 is 0. The number of rotatable bonds is 4. The van der Waals surface area contributed by atoms with Crippen LogP contribution in [0, 0.1) is 11.8 Å². The van der Waals surface area contributed by atoms with Crippen molar-refractivity contribution in [2.75, 3.05) is 17.8 Å². The Labute approximate surface area is 228 Å². The van der Waals surface area contributed by atoms with Crippen LogP contribution in [0.4, 0.5) is 11.6 Å². The quantitative estimate of drug-likeness (QED) is 0.265. The summed E-state index contributed by atoms with van der Waals surface area (Å²) in [5, 5.41) is 10.9. The third kappa shape index (κ3) is 4.29. The van der Waals surface area contributed by atoms with Gasteiger partial charge >= 0.3 is 0 Å². The summed E-state index contributed by atoms with van der Waals surface area (Å²) in [5.74, 6) is 6.17. The molecule has 0 radical (unpaired) electrons. The predicted octanol–water partition coefficient (Wildman–Crippen LogP) is 2.53. The van der Waals surface area contributed by atoms with Crippen molar-refractivity contribution < 1.29 is 4.79 Å². The molecule has 6 rings (SSSR count). The molecule has 0 saturated heterocycles.